The fraction of sp³-hybridized carbons (Fsp3) is 0.800. The van der Waals surface area contributed by atoms with Crippen LogP contribution in [0.25, 0.3) is 0 Å². The Morgan fingerprint density at radius 1 is 1.62 bits per heavy atom. The molecular formula is C10H16O3. The molecule has 0 amide bonds. The van der Waals surface area contributed by atoms with Gasteiger partial charge in [0.15, 0.2) is 0 Å². The SMILES string of the molecule is CC(C)C(=O)CCC1CCC(=O)O1. The molecule has 0 aromatic rings. The fourth-order valence-corrected chi connectivity index (χ4v) is 1.38. The Bertz CT molecular complexity index is 208. The number of Topliss-reactive ketones (excluding diaryl/α,β-unsaturated/α-hetero) is 1. The van der Waals surface area contributed by atoms with E-state index in [9.17, 15) is 9.59 Å². The van der Waals surface area contributed by atoms with Crippen molar-refractivity contribution in [1.82, 2.24) is 0 Å². The summed E-state index contributed by atoms with van der Waals surface area (Å²) in [6, 6.07) is 0. The van der Waals surface area contributed by atoms with Crippen molar-refractivity contribution in [1.29, 1.82) is 0 Å². The zero-order chi connectivity index (χ0) is 9.84. The van der Waals surface area contributed by atoms with E-state index in [0.717, 1.165) is 6.42 Å². The molecule has 0 saturated carbocycles. The van der Waals surface area contributed by atoms with Crippen LogP contribution >= 0.6 is 0 Å². The van der Waals surface area contributed by atoms with Crippen LogP contribution in [0.15, 0.2) is 0 Å². The van der Waals surface area contributed by atoms with Crippen molar-refractivity contribution < 1.29 is 14.3 Å². The number of hydrogen-bond acceptors (Lipinski definition) is 3. The van der Waals surface area contributed by atoms with E-state index in [-0.39, 0.29) is 23.8 Å². The molecule has 0 spiro atoms. The van der Waals surface area contributed by atoms with Gasteiger partial charge in [-0.25, -0.2) is 0 Å². The summed E-state index contributed by atoms with van der Waals surface area (Å²) in [4.78, 5) is 22.0. The van der Waals surface area contributed by atoms with Gasteiger partial charge in [-0.05, 0) is 12.8 Å². The van der Waals surface area contributed by atoms with E-state index < -0.39 is 0 Å². The summed E-state index contributed by atoms with van der Waals surface area (Å²) in [5.41, 5.74) is 0. The molecule has 1 heterocycles. The first-order valence-electron chi connectivity index (χ1n) is 4.82. The molecule has 1 fully saturated rings. The van der Waals surface area contributed by atoms with E-state index in [1.54, 1.807) is 0 Å². The zero-order valence-corrected chi connectivity index (χ0v) is 8.21. The van der Waals surface area contributed by atoms with Crippen molar-refractivity contribution in [3.63, 3.8) is 0 Å². The lowest BCUT2D eigenvalue weighted by atomic mass is 10.0. The van der Waals surface area contributed by atoms with Gasteiger partial charge in [0.1, 0.15) is 11.9 Å². The van der Waals surface area contributed by atoms with Gasteiger partial charge >= 0.3 is 5.97 Å². The Balaban J connectivity index is 2.19. The van der Waals surface area contributed by atoms with Gasteiger partial charge in [-0.3, -0.25) is 9.59 Å². The molecule has 1 saturated heterocycles. The highest BCUT2D eigenvalue weighted by atomic mass is 16.5. The quantitative estimate of drug-likeness (QED) is 0.624. The molecule has 1 atom stereocenters. The Labute approximate surface area is 78.5 Å². The molecule has 0 aromatic heterocycles. The van der Waals surface area contributed by atoms with E-state index in [1.807, 2.05) is 13.8 Å². The monoisotopic (exact) mass is 184 g/mol. The van der Waals surface area contributed by atoms with E-state index >= 15 is 0 Å². The van der Waals surface area contributed by atoms with Crippen LogP contribution in [0.4, 0.5) is 0 Å². The van der Waals surface area contributed by atoms with Crippen molar-refractivity contribution in [2.45, 2.75) is 45.6 Å². The van der Waals surface area contributed by atoms with Gasteiger partial charge in [0.2, 0.25) is 0 Å². The third-order valence-electron chi connectivity index (χ3n) is 2.33. The highest BCUT2D eigenvalue weighted by Gasteiger charge is 2.23. The number of esters is 1. The van der Waals surface area contributed by atoms with Crippen LogP contribution in [0.3, 0.4) is 0 Å². The molecule has 74 valence electrons. The van der Waals surface area contributed by atoms with Crippen molar-refractivity contribution in [2.75, 3.05) is 0 Å². The minimum Gasteiger partial charge on any atom is -0.462 e. The first kappa shape index (κ1) is 10.2. The van der Waals surface area contributed by atoms with Gasteiger partial charge in [0.05, 0.1) is 0 Å². The zero-order valence-electron chi connectivity index (χ0n) is 8.21. The lowest BCUT2D eigenvalue weighted by Crippen LogP contribution is -2.13. The molecule has 1 unspecified atom stereocenters. The van der Waals surface area contributed by atoms with Crippen LogP contribution in [0.2, 0.25) is 0 Å². The molecule has 0 bridgehead atoms. The van der Waals surface area contributed by atoms with Gasteiger partial charge in [-0.2, -0.15) is 0 Å². The fourth-order valence-electron chi connectivity index (χ4n) is 1.38. The summed E-state index contributed by atoms with van der Waals surface area (Å²) in [6.45, 7) is 3.78. The van der Waals surface area contributed by atoms with Gasteiger partial charge in [0, 0.05) is 18.8 Å². The van der Waals surface area contributed by atoms with Crippen LogP contribution in [0.1, 0.15) is 39.5 Å². The predicted molar refractivity (Wildman–Crippen MR) is 48.2 cm³/mol. The van der Waals surface area contributed by atoms with Crippen LogP contribution in [-0.4, -0.2) is 17.9 Å². The third-order valence-corrected chi connectivity index (χ3v) is 2.33. The summed E-state index contributed by atoms with van der Waals surface area (Å²) in [5, 5.41) is 0. The Kier molecular flexibility index (Phi) is 3.46. The maximum absolute atomic E-state index is 11.2. The average molecular weight is 184 g/mol. The second kappa shape index (κ2) is 4.40. The van der Waals surface area contributed by atoms with Crippen LogP contribution in [-0.2, 0) is 14.3 Å². The first-order valence-corrected chi connectivity index (χ1v) is 4.82. The van der Waals surface area contributed by atoms with Gasteiger partial charge in [-0.1, -0.05) is 13.8 Å². The minimum atomic E-state index is -0.123. The number of ether oxygens (including phenoxy) is 1. The molecule has 3 heteroatoms. The number of carbonyl (C=O) groups excluding carboxylic acids is 2. The number of rotatable bonds is 4. The van der Waals surface area contributed by atoms with Crippen molar-refractivity contribution >= 4 is 11.8 Å². The molecule has 0 aromatic carbocycles. The molecule has 1 aliphatic heterocycles. The third kappa shape index (κ3) is 3.17. The van der Waals surface area contributed by atoms with E-state index in [2.05, 4.69) is 0 Å². The maximum Gasteiger partial charge on any atom is 0.306 e. The Morgan fingerprint density at radius 2 is 2.31 bits per heavy atom. The lowest BCUT2D eigenvalue weighted by Gasteiger charge is -2.08. The maximum atomic E-state index is 11.2. The van der Waals surface area contributed by atoms with Crippen molar-refractivity contribution in [2.24, 2.45) is 5.92 Å². The Hall–Kier alpha value is -0.860. The van der Waals surface area contributed by atoms with Crippen molar-refractivity contribution in [3.8, 4) is 0 Å². The minimum absolute atomic E-state index is 0.00444. The van der Waals surface area contributed by atoms with Gasteiger partial charge < -0.3 is 4.74 Å². The summed E-state index contributed by atoms with van der Waals surface area (Å²) >= 11 is 0. The predicted octanol–water partition coefficient (Wildman–Crippen LogP) is 1.70. The van der Waals surface area contributed by atoms with E-state index in [1.165, 1.54) is 0 Å². The number of ketones is 1. The highest BCUT2D eigenvalue weighted by Crippen LogP contribution is 2.19. The second-order valence-corrected chi connectivity index (χ2v) is 3.81. The molecular weight excluding hydrogens is 168 g/mol. The van der Waals surface area contributed by atoms with Crippen LogP contribution in [0.5, 0.6) is 0 Å². The summed E-state index contributed by atoms with van der Waals surface area (Å²) in [6.07, 6.45) is 2.53. The van der Waals surface area contributed by atoms with E-state index in [4.69, 9.17) is 4.74 Å². The van der Waals surface area contributed by atoms with Crippen LogP contribution in [0, 0.1) is 5.92 Å². The molecule has 0 aliphatic carbocycles. The largest absolute Gasteiger partial charge is 0.462 e. The second-order valence-electron chi connectivity index (χ2n) is 3.81. The number of carbonyl (C=O) groups is 2. The molecule has 0 N–H and O–H groups in total. The standard InChI is InChI=1S/C10H16O3/c1-7(2)9(11)5-3-8-4-6-10(12)13-8/h7-8H,3-6H2,1-2H3. The van der Waals surface area contributed by atoms with Crippen molar-refractivity contribution in [3.05, 3.63) is 0 Å². The molecule has 3 nitrogen and oxygen atoms in total. The van der Waals surface area contributed by atoms with Gasteiger partial charge in [0.25, 0.3) is 0 Å². The summed E-state index contributed by atoms with van der Waals surface area (Å²) in [7, 11) is 0. The first-order chi connectivity index (χ1) is 6.09. The van der Waals surface area contributed by atoms with Crippen LogP contribution < -0.4 is 0 Å². The van der Waals surface area contributed by atoms with E-state index in [0.29, 0.717) is 19.3 Å². The highest BCUT2D eigenvalue weighted by molar-refractivity contribution is 5.80. The molecule has 1 rings (SSSR count). The smallest absolute Gasteiger partial charge is 0.306 e. The number of cyclic esters (lactones) is 1. The number of hydrogen-bond donors (Lipinski definition) is 0. The molecule has 13 heavy (non-hydrogen) atoms. The lowest BCUT2D eigenvalue weighted by molar-refractivity contribution is -0.142. The van der Waals surface area contributed by atoms with Gasteiger partial charge in [-0.15, -0.1) is 0 Å². The molecule has 0 radical (unpaired) electrons. The Morgan fingerprint density at radius 3 is 2.77 bits per heavy atom. The summed E-state index contributed by atoms with van der Waals surface area (Å²) < 4.78 is 5.00. The average Bonchev–Trinajstić information content (AvgIpc) is 2.47. The molecule has 1 aliphatic rings. The normalized spacial score (nSPS) is 22.1. The topological polar surface area (TPSA) is 43.4 Å². The summed E-state index contributed by atoms with van der Waals surface area (Å²) in [5.74, 6) is 0.224.